The van der Waals surface area contributed by atoms with Crippen molar-refractivity contribution in [3.63, 3.8) is 0 Å². The van der Waals surface area contributed by atoms with Gasteiger partial charge in [-0.05, 0) is 61.4 Å². The summed E-state index contributed by atoms with van der Waals surface area (Å²) >= 11 is 0. The fraction of sp³-hybridized carbons (Fsp3) is 0.364. The van der Waals surface area contributed by atoms with Gasteiger partial charge < -0.3 is 21.3 Å². The second kappa shape index (κ2) is 8.84. The van der Waals surface area contributed by atoms with Crippen molar-refractivity contribution >= 4 is 35.7 Å². The third-order valence-electron chi connectivity index (χ3n) is 5.96. The highest BCUT2D eigenvalue weighted by molar-refractivity contribution is 6.02. The predicted molar refractivity (Wildman–Crippen MR) is 118 cm³/mol. The fourth-order valence-corrected chi connectivity index (χ4v) is 4.35. The number of carbonyl (C=O) groups excluding carboxylic acids is 2. The van der Waals surface area contributed by atoms with E-state index in [1.165, 1.54) is 0 Å². The summed E-state index contributed by atoms with van der Waals surface area (Å²) in [5.74, 6) is 0.954. The monoisotopic (exact) mass is 414 g/mol. The first kappa shape index (κ1) is 21.1. The van der Waals surface area contributed by atoms with Gasteiger partial charge in [0.2, 0.25) is 0 Å². The molecule has 3 atom stereocenters. The van der Waals surface area contributed by atoms with Crippen LogP contribution in [0.3, 0.4) is 0 Å². The molecule has 0 aromatic heterocycles. The Hall–Kier alpha value is -2.57. The molecule has 7 heteroatoms. The van der Waals surface area contributed by atoms with Crippen LogP contribution in [0.5, 0.6) is 0 Å². The number of carbonyl (C=O) groups is 2. The fourth-order valence-electron chi connectivity index (χ4n) is 4.35. The average molecular weight is 415 g/mol. The molecule has 2 aromatic carbocycles. The van der Waals surface area contributed by atoms with Crippen molar-refractivity contribution in [1.29, 1.82) is 0 Å². The minimum absolute atomic E-state index is 0. The lowest BCUT2D eigenvalue weighted by Gasteiger charge is -2.19. The summed E-state index contributed by atoms with van der Waals surface area (Å²) in [6.45, 7) is 3.42. The second-order valence-corrected chi connectivity index (χ2v) is 7.85. The maximum absolute atomic E-state index is 13.0. The molecule has 29 heavy (non-hydrogen) atoms. The van der Waals surface area contributed by atoms with Crippen LogP contribution in [0, 0.1) is 18.8 Å². The standard InChI is InChI=1S/C22H26N4O2.ClH/c1-14-7-8-15(21(27)26-12-16-9-10-19(23)18(16)13-26)11-20(14)25-22(28)24-17-5-3-2-4-6-17;/h2-8,11,16,18-19H,9-10,12-13,23H2,1H3,(H2,24,25,28);1H. The van der Waals surface area contributed by atoms with Crippen molar-refractivity contribution < 1.29 is 9.59 Å². The Morgan fingerprint density at radius 3 is 2.52 bits per heavy atom. The van der Waals surface area contributed by atoms with Gasteiger partial charge in [-0.2, -0.15) is 0 Å². The van der Waals surface area contributed by atoms with Crippen molar-refractivity contribution in [2.24, 2.45) is 17.6 Å². The number of urea groups is 1. The number of anilines is 2. The summed E-state index contributed by atoms with van der Waals surface area (Å²) in [5, 5.41) is 5.64. The summed E-state index contributed by atoms with van der Waals surface area (Å²) in [4.78, 5) is 27.2. The summed E-state index contributed by atoms with van der Waals surface area (Å²) in [5.41, 5.74) is 9.03. The topological polar surface area (TPSA) is 87.5 Å². The van der Waals surface area contributed by atoms with E-state index in [9.17, 15) is 9.59 Å². The van der Waals surface area contributed by atoms with E-state index in [-0.39, 0.29) is 30.4 Å². The van der Waals surface area contributed by atoms with Crippen LogP contribution in [0.2, 0.25) is 0 Å². The molecule has 0 radical (unpaired) electrons. The summed E-state index contributed by atoms with van der Waals surface area (Å²) in [6.07, 6.45) is 2.17. The number of aryl methyl sites for hydroxylation is 1. The largest absolute Gasteiger partial charge is 0.338 e. The Bertz CT molecular complexity index is 890. The highest BCUT2D eigenvalue weighted by atomic mass is 35.5. The van der Waals surface area contributed by atoms with E-state index in [1.807, 2.05) is 54.3 Å². The molecule has 4 rings (SSSR count). The normalized spacial score (nSPS) is 22.6. The highest BCUT2D eigenvalue weighted by Crippen LogP contribution is 2.37. The third kappa shape index (κ3) is 4.54. The van der Waals surface area contributed by atoms with Gasteiger partial charge >= 0.3 is 6.03 Å². The molecule has 2 fully saturated rings. The van der Waals surface area contributed by atoms with Gasteiger partial charge in [0, 0.05) is 36.1 Å². The molecule has 1 heterocycles. The average Bonchev–Trinajstić information content (AvgIpc) is 3.26. The summed E-state index contributed by atoms with van der Waals surface area (Å²) in [7, 11) is 0. The van der Waals surface area contributed by atoms with E-state index in [0.29, 0.717) is 28.8 Å². The maximum atomic E-state index is 13.0. The van der Waals surface area contributed by atoms with Crippen molar-refractivity contribution in [1.82, 2.24) is 4.90 Å². The zero-order chi connectivity index (χ0) is 19.7. The van der Waals surface area contributed by atoms with E-state index in [2.05, 4.69) is 10.6 Å². The molecule has 0 spiro atoms. The van der Waals surface area contributed by atoms with Gasteiger partial charge in [0.25, 0.3) is 5.91 Å². The zero-order valence-corrected chi connectivity index (χ0v) is 17.2. The van der Waals surface area contributed by atoms with Gasteiger partial charge in [-0.1, -0.05) is 24.3 Å². The van der Waals surface area contributed by atoms with Crippen LogP contribution in [-0.2, 0) is 0 Å². The van der Waals surface area contributed by atoms with Crippen LogP contribution >= 0.6 is 12.4 Å². The van der Waals surface area contributed by atoms with E-state index in [0.717, 1.165) is 31.5 Å². The molecule has 0 bridgehead atoms. The van der Waals surface area contributed by atoms with Gasteiger partial charge in [0.05, 0.1) is 0 Å². The van der Waals surface area contributed by atoms with Crippen molar-refractivity contribution in [2.75, 3.05) is 23.7 Å². The van der Waals surface area contributed by atoms with E-state index < -0.39 is 0 Å². The first-order chi connectivity index (χ1) is 13.5. The molecule has 1 aliphatic heterocycles. The minimum atomic E-state index is -0.333. The molecule has 2 aromatic rings. The SMILES string of the molecule is Cc1ccc(C(=O)N2CC3CCC(N)C3C2)cc1NC(=O)Nc1ccccc1.Cl. The Morgan fingerprint density at radius 2 is 1.79 bits per heavy atom. The Labute approximate surface area is 177 Å². The van der Waals surface area contributed by atoms with Crippen LogP contribution < -0.4 is 16.4 Å². The van der Waals surface area contributed by atoms with Crippen molar-refractivity contribution in [3.8, 4) is 0 Å². The second-order valence-electron chi connectivity index (χ2n) is 7.85. The molecule has 154 valence electrons. The molecule has 1 saturated heterocycles. The lowest BCUT2D eigenvalue weighted by Crippen LogP contribution is -2.33. The molecule has 1 saturated carbocycles. The third-order valence-corrected chi connectivity index (χ3v) is 5.96. The number of benzene rings is 2. The number of amides is 3. The molecular formula is C22H27ClN4O2. The number of halogens is 1. The van der Waals surface area contributed by atoms with Crippen molar-refractivity contribution in [2.45, 2.75) is 25.8 Å². The maximum Gasteiger partial charge on any atom is 0.323 e. The van der Waals surface area contributed by atoms with Crippen molar-refractivity contribution in [3.05, 3.63) is 59.7 Å². The van der Waals surface area contributed by atoms with Crippen LogP contribution in [0.25, 0.3) is 0 Å². The van der Waals surface area contributed by atoms with Gasteiger partial charge in [-0.3, -0.25) is 4.79 Å². The number of para-hydroxylation sites is 1. The summed E-state index contributed by atoms with van der Waals surface area (Å²) < 4.78 is 0. The number of nitrogens with zero attached hydrogens (tertiary/aromatic N) is 1. The smallest absolute Gasteiger partial charge is 0.323 e. The van der Waals surface area contributed by atoms with Gasteiger partial charge in [0.15, 0.2) is 0 Å². The summed E-state index contributed by atoms with van der Waals surface area (Å²) in [6, 6.07) is 14.6. The molecule has 4 N–H and O–H groups in total. The van der Waals surface area contributed by atoms with Gasteiger partial charge in [-0.25, -0.2) is 4.79 Å². The first-order valence-corrected chi connectivity index (χ1v) is 9.80. The zero-order valence-electron chi connectivity index (χ0n) is 16.4. The molecule has 3 unspecified atom stereocenters. The highest BCUT2D eigenvalue weighted by Gasteiger charge is 2.42. The predicted octanol–water partition coefficient (Wildman–Crippen LogP) is 3.87. The number of nitrogens with one attached hydrogen (secondary N) is 2. The minimum Gasteiger partial charge on any atom is -0.338 e. The Kier molecular flexibility index (Phi) is 6.45. The van der Waals surface area contributed by atoms with Crippen LogP contribution in [0.15, 0.2) is 48.5 Å². The Balaban J connectivity index is 0.00000240. The van der Waals surface area contributed by atoms with E-state index in [4.69, 9.17) is 5.73 Å². The van der Waals surface area contributed by atoms with Gasteiger partial charge in [0.1, 0.15) is 0 Å². The first-order valence-electron chi connectivity index (χ1n) is 9.80. The number of nitrogens with two attached hydrogens (primary N) is 1. The van der Waals surface area contributed by atoms with Crippen LogP contribution in [-0.4, -0.2) is 36.0 Å². The lowest BCUT2D eigenvalue weighted by molar-refractivity contribution is 0.0779. The number of fused-ring (bicyclic) bond motifs is 1. The molecular weight excluding hydrogens is 388 g/mol. The number of hydrogen-bond donors (Lipinski definition) is 3. The van der Waals surface area contributed by atoms with E-state index >= 15 is 0 Å². The van der Waals surface area contributed by atoms with E-state index in [1.54, 1.807) is 6.07 Å². The molecule has 6 nitrogen and oxygen atoms in total. The molecule has 2 aliphatic rings. The quantitative estimate of drug-likeness (QED) is 0.712. The van der Waals surface area contributed by atoms with Crippen LogP contribution in [0.1, 0.15) is 28.8 Å². The lowest BCUT2D eigenvalue weighted by atomic mass is 9.98. The number of rotatable bonds is 3. The Morgan fingerprint density at radius 1 is 1.03 bits per heavy atom. The molecule has 3 amide bonds. The van der Waals surface area contributed by atoms with Gasteiger partial charge in [-0.15, -0.1) is 12.4 Å². The number of hydrogen-bond acceptors (Lipinski definition) is 3. The number of likely N-dealkylation sites (tertiary alicyclic amines) is 1. The van der Waals surface area contributed by atoms with Crippen LogP contribution in [0.4, 0.5) is 16.2 Å². The molecule has 1 aliphatic carbocycles.